The zero-order valence-electron chi connectivity index (χ0n) is 15.7. The minimum Gasteiger partial charge on any atom is -0.463 e. The molecule has 0 saturated carbocycles. The number of benzene rings is 2. The van der Waals surface area contributed by atoms with E-state index in [-0.39, 0.29) is 0 Å². The zero-order valence-corrected chi connectivity index (χ0v) is 17.2. The molecule has 0 atom stereocenters. The minimum absolute atomic E-state index is 0.508. The van der Waals surface area contributed by atoms with Gasteiger partial charge in [-0.2, -0.15) is 13.2 Å². The summed E-state index contributed by atoms with van der Waals surface area (Å²) in [5.74, 6) is 1.07. The monoisotopic (exact) mass is 484 g/mol. The first-order valence-electron chi connectivity index (χ1n) is 9.17. The number of rotatable bonds is 3. The van der Waals surface area contributed by atoms with Crippen LogP contribution >= 0.6 is 15.9 Å². The van der Waals surface area contributed by atoms with E-state index in [4.69, 9.17) is 18.8 Å². The van der Waals surface area contributed by atoms with Crippen molar-refractivity contribution in [2.24, 2.45) is 0 Å². The number of hydrogen-bond acceptors (Lipinski definition) is 4. The number of nitrogens with zero attached hydrogens (tertiary/aromatic N) is 2. The van der Waals surface area contributed by atoms with Gasteiger partial charge in [0, 0.05) is 4.47 Å². The fourth-order valence-corrected chi connectivity index (χ4v) is 3.87. The standard InChI is InChI=1S/C23H12BrF3N2O2/c24-16-12-18-17(11-15(16)13-5-7-14(8-6-13)23(25,26)27)28-21(19-3-1-9-30-19)22(29-18)20-4-2-10-31-20/h1-12H. The van der Waals surface area contributed by atoms with Crippen LogP contribution in [0.1, 0.15) is 5.56 Å². The second-order valence-electron chi connectivity index (χ2n) is 6.77. The van der Waals surface area contributed by atoms with E-state index >= 15 is 0 Å². The average molecular weight is 485 g/mol. The summed E-state index contributed by atoms with van der Waals surface area (Å²) >= 11 is 3.51. The summed E-state index contributed by atoms with van der Waals surface area (Å²) in [6.07, 6.45) is -1.29. The highest BCUT2D eigenvalue weighted by molar-refractivity contribution is 9.10. The summed E-state index contributed by atoms with van der Waals surface area (Å²) in [6.45, 7) is 0. The number of aromatic nitrogens is 2. The maximum absolute atomic E-state index is 12.9. The van der Waals surface area contributed by atoms with Gasteiger partial charge < -0.3 is 8.83 Å². The van der Waals surface area contributed by atoms with E-state index in [0.717, 1.165) is 12.1 Å². The fourth-order valence-electron chi connectivity index (χ4n) is 3.31. The third-order valence-electron chi connectivity index (χ3n) is 4.79. The molecule has 0 fully saturated rings. The molecule has 4 nitrogen and oxygen atoms in total. The molecule has 0 bridgehead atoms. The molecule has 0 radical (unpaired) electrons. The molecule has 154 valence electrons. The predicted molar refractivity (Wildman–Crippen MR) is 113 cm³/mol. The molecule has 0 aliphatic carbocycles. The molecule has 0 N–H and O–H groups in total. The summed E-state index contributed by atoms with van der Waals surface area (Å²) in [6, 6.07) is 15.6. The van der Waals surface area contributed by atoms with Crippen LogP contribution in [0.3, 0.4) is 0 Å². The van der Waals surface area contributed by atoms with E-state index in [0.29, 0.717) is 49.5 Å². The second-order valence-corrected chi connectivity index (χ2v) is 7.63. The van der Waals surface area contributed by atoms with Gasteiger partial charge in [-0.1, -0.05) is 28.1 Å². The summed E-state index contributed by atoms with van der Waals surface area (Å²) < 4.78 is 50.4. The van der Waals surface area contributed by atoms with Crippen LogP contribution in [0.15, 0.2) is 86.5 Å². The lowest BCUT2D eigenvalue weighted by Gasteiger charge is -2.11. The van der Waals surface area contributed by atoms with Crippen molar-refractivity contribution < 1.29 is 22.0 Å². The third-order valence-corrected chi connectivity index (χ3v) is 5.44. The molecular formula is C23H12BrF3N2O2. The van der Waals surface area contributed by atoms with Crippen molar-refractivity contribution >= 4 is 27.0 Å². The number of alkyl halides is 3. The first kappa shape index (κ1) is 19.6. The Balaban J connectivity index is 1.68. The number of hydrogen-bond donors (Lipinski definition) is 0. The van der Waals surface area contributed by atoms with Gasteiger partial charge in [0.05, 0.1) is 29.1 Å². The summed E-state index contributed by atoms with van der Waals surface area (Å²) in [7, 11) is 0. The maximum Gasteiger partial charge on any atom is 0.416 e. The van der Waals surface area contributed by atoms with E-state index in [2.05, 4.69) is 15.9 Å². The molecule has 0 saturated heterocycles. The molecule has 31 heavy (non-hydrogen) atoms. The largest absolute Gasteiger partial charge is 0.463 e. The van der Waals surface area contributed by atoms with Crippen LogP contribution in [-0.2, 0) is 6.18 Å². The van der Waals surface area contributed by atoms with E-state index in [1.807, 2.05) is 0 Å². The topological polar surface area (TPSA) is 52.1 Å². The SMILES string of the molecule is FC(F)(F)c1ccc(-c2cc3nc(-c4ccco4)c(-c4ccco4)nc3cc2Br)cc1. The molecule has 3 aromatic heterocycles. The van der Waals surface area contributed by atoms with Gasteiger partial charge in [0.1, 0.15) is 11.4 Å². The van der Waals surface area contributed by atoms with Crippen LogP contribution in [0.5, 0.6) is 0 Å². The van der Waals surface area contributed by atoms with Gasteiger partial charge in [0.25, 0.3) is 0 Å². The summed E-state index contributed by atoms with van der Waals surface area (Å²) in [4.78, 5) is 9.46. The molecule has 0 amide bonds. The minimum atomic E-state index is -4.38. The molecule has 3 heterocycles. The van der Waals surface area contributed by atoms with Gasteiger partial charge in [0.2, 0.25) is 0 Å². The van der Waals surface area contributed by atoms with Crippen molar-refractivity contribution in [2.75, 3.05) is 0 Å². The van der Waals surface area contributed by atoms with Gasteiger partial charge in [-0.3, -0.25) is 0 Å². The van der Waals surface area contributed by atoms with Crippen molar-refractivity contribution in [1.29, 1.82) is 0 Å². The summed E-state index contributed by atoms with van der Waals surface area (Å²) in [5.41, 5.74) is 2.83. The molecule has 0 unspecified atom stereocenters. The Morgan fingerprint density at radius 2 is 1.29 bits per heavy atom. The number of furan rings is 2. The van der Waals surface area contributed by atoms with E-state index < -0.39 is 11.7 Å². The molecule has 0 spiro atoms. The smallest absolute Gasteiger partial charge is 0.416 e. The van der Waals surface area contributed by atoms with Gasteiger partial charge in [-0.05, 0) is 59.7 Å². The van der Waals surface area contributed by atoms with Crippen molar-refractivity contribution in [3.05, 3.63) is 83.2 Å². The molecule has 8 heteroatoms. The van der Waals surface area contributed by atoms with Crippen molar-refractivity contribution in [3.63, 3.8) is 0 Å². The van der Waals surface area contributed by atoms with Crippen molar-refractivity contribution in [2.45, 2.75) is 6.18 Å². The quantitative estimate of drug-likeness (QED) is 0.264. The number of fused-ring (bicyclic) bond motifs is 1. The fraction of sp³-hybridized carbons (Fsp3) is 0.0435. The van der Waals surface area contributed by atoms with E-state index in [1.54, 1.807) is 48.9 Å². The van der Waals surface area contributed by atoms with Gasteiger partial charge >= 0.3 is 6.18 Å². The maximum atomic E-state index is 12.9. The molecule has 0 aliphatic rings. The Morgan fingerprint density at radius 1 is 0.742 bits per heavy atom. The first-order valence-corrected chi connectivity index (χ1v) is 9.96. The zero-order chi connectivity index (χ0) is 21.6. The van der Waals surface area contributed by atoms with Crippen LogP contribution in [0, 0.1) is 0 Å². The Kier molecular flexibility index (Phi) is 4.66. The van der Waals surface area contributed by atoms with Crippen LogP contribution < -0.4 is 0 Å². The Labute approximate surface area is 182 Å². The molecular weight excluding hydrogens is 473 g/mol. The Morgan fingerprint density at radius 3 is 1.77 bits per heavy atom. The van der Waals surface area contributed by atoms with Crippen molar-refractivity contribution in [3.8, 4) is 34.0 Å². The van der Waals surface area contributed by atoms with E-state index in [1.165, 1.54) is 12.1 Å². The third kappa shape index (κ3) is 3.63. The highest BCUT2D eigenvalue weighted by Gasteiger charge is 2.30. The van der Waals surface area contributed by atoms with Gasteiger partial charge in [-0.25, -0.2) is 9.97 Å². The molecule has 5 rings (SSSR count). The van der Waals surface area contributed by atoms with E-state index in [9.17, 15) is 13.2 Å². The average Bonchev–Trinajstić information content (AvgIpc) is 3.46. The first-order chi connectivity index (χ1) is 14.9. The summed E-state index contributed by atoms with van der Waals surface area (Å²) in [5, 5.41) is 0. The van der Waals surface area contributed by atoms with Gasteiger partial charge in [0.15, 0.2) is 11.5 Å². The van der Waals surface area contributed by atoms with Crippen LogP contribution in [-0.4, -0.2) is 9.97 Å². The highest BCUT2D eigenvalue weighted by Crippen LogP contribution is 2.37. The Hall–Kier alpha value is -3.39. The lowest BCUT2D eigenvalue weighted by molar-refractivity contribution is -0.137. The highest BCUT2D eigenvalue weighted by atomic mass is 79.9. The lowest BCUT2D eigenvalue weighted by Crippen LogP contribution is -2.04. The predicted octanol–water partition coefficient (Wildman–Crippen LogP) is 7.60. The molecule has 5 aromatic rings. The van der Waals surface area contributed by atoms with Crippen LogP contribution in [0.25, 0.3) is 45.1 Å². The lowest BCUT2D eigenvalue weighted by atomic mass is 10.0. The molecule has 0 aliphatic heterocycles. The Bertz CT molecular complexity index is 1360. The normalized spacial score (nSPS) is 11.9. The number of halogens is 4. The molecule has 2 aromatic carbocycles. The van der Waals surface area contributed by atoms with Crippen LogP contribution in [0.2, 0.25) is 0 Å². The second kappa shape index (κ2) is 7.39. The van der Waals surface area contributed by atoms with Crippen molar-refractivity contribution in [1.82, 2.24) is 9.97 Å². The van der Waals surface area contributed by atoms with Gasteiger partial charge in [-0.15, -0.1) is 0 Å². The van der Waals surface area contributed by atoms with Crippen LogP contribution in [0.4, 0.5) is 13.2 Å².